The fourth-order valence-electron chi connectivity index (χ4n) is 1.10. The molecule has 14 heavy (non-hydrogen) atoms. The first-order valence-corrected chi connectivity index (χ1v) is 4.58. The molecule has 0 aliphatic heterocycles. The number of alkyl halides is 2. The zero-order valence-electron chi connectivity index (χ0n) is 8.32. The quantitative estimate of drug-likeness (QED) is 0.807. The largest absolute Gasteiger partial charge is 0.323 e. The minimum atomic E-state index is -2.49. The second kappa shape index (κ2) is 4.50. The Balaban J connectivity index is 2.60. The Hall–Kier alpha value is -0.970. The van der Waals surface area contributed by atoms with E-state index in [1.54, 1.807) is 16.9 Å². The molecule has 0 saturated carbocycles. The Bertz CT molecular complexity index is 283. The van der Waals surface area contributed by atoms with Gasteiger partial charge in [-0.1, -0.05) is 0 Å². The van der Waals surface area contributed by atoms with E-state index in [2.05, 4.69) is 5.10 Å². The summed E-state index contributed by atoms with van der Waals surface area (Å²) in [6, 6.07) is 0.847. The van der Waals surface area contributed by atoms with E-state index < -0.39 is 12.5 Å². The molecule has 0 aliphatic carbocycles. The van der Waals surface area contributed by atoms with Gasteiger partial charge >= 0.3 is 0 Å². The van der Waals surface area contributed by atoms with Crippen molar-refractivity contribution in [1.82, 2.24) is 9.78 Å². The van der Waals surface area contributed by atoms with Gasteiger partial charge < -0.3 is 5.73 Å². The molecule has 0 radical (unpaired) electrons. The van der Waals surface area contributed by atoms with Crippen LogP contribution in [0, 0.1) is 0 Å². The van der Waals surface area contributed by atoms with Crippen molar-refractivity contribution in [3.05, 3.63) is 18.0 Å². The maximum absolute atomic E-state index is 12.1. The van der Waals surface area contributed by atoms with Crippen LogP contribution < -0.4 is 5.73 Å². The van der Waals surface area contributed by atoms with Crippen LogP contribution in [0.5, 0.6) is 0 Å². The Morgan fingerprint density at radius 3 is 2.57 bits per heavy atom. The first-order chi connectivity index (χ1) is 6.50. The van der Waals surface area contributed by atoms with E-state index in [1.165, 1.54) is 0 Å². The minimum Gasteiger partial charge on any atom is -0.323 e. The molecule has 1 rings (SSSR count). The fraction of sp³-hybridized carbons (Fsp3) is 0.667. The van der Waals surface area contributed by atoms with Crippen LogP contribution in [0.1, 0.15) is 25.6 Å². The van der Waals surface area contributed by atoms with Crippen molar-refractivity contribution in [3.8, 4) is 0 Å². The monoisotopic (exact) mass is 203 g/mol. The van der Waals surface area contributed by atoms with Gasteiger partial charge in [0.2, 0.25) is 0 Å². The maximum Gasteiger partial charge on any atom is 0.253 e. The highest BCUT2D eigenvalue weighted by molar-refractivity contribution is 5.02. The van der Waals surface area contributed by atoms with Crippen LogP contribution in [-0.4, -0.2) is 22.2 Å². The van der Waals surface area contributed by atoms with Gasteiger partial charge in [-0.25, -0.2) is 8.78 Å². The SMILES string of the molecule is CC(C)n1ccc(CC(N)C(F)F)n1. The molecule has 80 valence electrons. The van der Waals surface area contributed by atoms with Crippen LogP contribution in [0.3, 0.4) is 0 Å². The van der Waals surface area contributed by atoms with Crippen LogP contribution in [-0.2, 0) is 6.42 Å². The summed E-state index contributed by atoms with van der Waals surface area (Å²) in [5.74, 6) is 0. The van der Waals surface area contributed by atoms with Crippen molar-refractivity contribution in [2.45, 2.75) is 38.8 Å². The normalized spacial score (nSPS) is 13.9. The van der Waals surface area contributed by atoms with Gasteiger partial charge in [0.1, 0.15) is 0 Å². The molecule has 0 aliphatic rings. The Morgan fingerprint density at radius 1 is 1.50 bits per heavy atom. The second-order valence-corrected chi connectivity index (χ2v) is 3.58. The molecule has 0 fully saturated rings. The third-order valence-electron chi connectivity index (χ3n) is 1.96. The van der Waals surface area contributed by atoms with E-state index >= 15 is 0 Å². The molecule has 5 heteroatoms. The van der Waals surface area contributed by atoms with Crippen molar-refractivity contribution in [3.63, 3.8) is 0 Å². The van der Waals surface area contributed by atoms with Crippen LogP contribution >= 0.6 is 0 Å². The zero-order valence-corrected chi connectivity index (χ0v) is 8.32. The molecule has 1 aromatic heterocycles. The van der Waals surface area contributed by atoms with Crippen LogP contribution in [0.25, 0.3) is 0 Å². The molecule has 1 unspecified atom stereocenters. The maximum atomic E-state index is 12.1. The van der Waals surface area contributed by atoms with Crippen molar-refractivity contribution in [2.75, 3.05) is 0 Å². The minimum absolute atomic E-state index is 0.122. The summed E-state index contributed by atoms with van der Waals surface area (Å²) in [7, 11) is 0. The summed E-state index contributed by atoms with van der Waals surface area (Å²) in [5, 5.41) is 4.14. The van der Waals surface area contributed by atoms with Gasteiger partial charge in [0.05, 0.1) is 11.7 Å². The number of halogens is 2. The topological polar surface area (TPSA) is 43.8 Å². The predicted molar refractivity (Wildman–Crippen MR) is 50.3 cm³/mol. The van der Waals surface area contributed by atoms with Crippen molar-refractivity contribution in [2.24, 2.45) is 5.73 Å². The standard InChI is InChI=1S/C9H15F2N3/c1-6(2)14-4-3-7(13-14)5-8(12)9(10)11/h3-4,6,8-9H,5,12H2,1-2H3. The molecular weight excluding hydrogens is 188 g/mol. The number of hydrogen-bond donors (Lipinski definition) is 1. The van der Waals surface area contributed by atoms with Gasteiger partial charge in [-0.3, -0.25) is 4.68 Å². The molecule has 2 N–H and O–H groups in total. The number of nitrogens with two attached hydrogens (primary N) is 1. The molecule has 0 amide bonds. The van der Waals surface area contributed by atoms with Crippen molar-refractivity contribution in [1.29, 1.82) is 0 Å². The average Bonchev–Trinajstić information content (AvgIpc) is 2.52. The summed E-state index contributed by atoms with van der Waals surface area (Å²) in [5.41, 5.74) is 5.85. The zero-order chi connectivity index (χ0) is 10.7. The molecule has 0 saturated heterocycles. The highest BCUT2D eigenvalue weighted by Crippen LogP contribution is 2.08. The summed E-state index contributed by atoms with van der Waals surface area (Å²) >= 11 is 0. The Morgan fingerprint density at radius 2 is 2.14 bits per heavy atom. The van der Waals surface area contributed by atoms with Crippen molar-refractivity contribution >= 4 is 0 Å². The van der Waals surface area contributed by atoms with E-state index in [9.17, 15) is 8.78 Å². The number of aromatic nitrogens is 2. The lowest BCUT2D eigenvalue weighted by atomic mass is 10.2. The number of hydrogen-bond acceptors (Lipinski definition) is 2. The predicted octanol–water partition coefficient (Wildman–Crippen LogP) is 1.60. The first kappa shape index (κ1) is 11.1. The van der Waals surface area contributed by atoms with E-state index in [-0.39, 0.29) is 12.5 Å². The summed E-state index contributed by atoms with van der Waals surface area (Å²) in [4.78, 5) is 0. The van der Waals surface area contributed by atoms with Gasteiger partial charge in [-0.2, -0.15) is 5.10 Å². The van der Waals surface area contributed by atoms with Gasteiger partial charge in [0, 0.05) is 18.7 Å². The molecular formula is C9H15F2N3. The third-order valence-corrected chi connectivity index (χ3v) is 1.96. The highest BCUT2D eigenvalue weighted by Gasteiger charge is 2.16. The smallest absolute Gasteiger partial charge is 0.253 e. The van der Waals surface area contributed by atoms with Crippen LogP contribution in [0.4, 0.5) is 8.78 Å². The van der Waals surface area contributed by atoms with E-state index in [0.29, 0.717) is 5.69 Å². The van der Waals surface area contributed by atoms with E-state index in [1.807, 2.05) is 13.8 Å². The Labute approximate surface area is 81.9 Å². The molecule has 1 heterocycles. The van der Waals surface area contributed by atoms with Crippen molar-refractivity contribution < 1.29 is 8.78 Å². The van der Waals surface area contributed by atoms with Gasteiger partial charge in [0.25, 0.3) is 6.43 Å². The van der Waals surface area contributed by atoms with Gasteiger partial charge in [-0.15, -0.1) is 0 Å². The average molecular weight is 203 g/mol. The summed E-state index contributed by atoms with van der Waals surface area (Å²) < 4.78 is 26.0. The lowest BCUT2D eigenvalue weighted by Gasteiger charge is -2.08. The highest BCUT2D eigenvalue weighted by atomic mass is 19.3. The lowest BCUT2D eigenvalue weighted by molar-refractivity contribution is 0.115. The second-order valence-electron chi connectivity index (χ2n) is 3.58. The molecule has 1 atom stereocenters. The van der Waals surface area contributed by atoms with Gasteiger partial charge in [0.15, 0.2) is 0 Å². The molecule has 0 bridgehead atoms. The molecule has 1 aromatic rings. The van der Waals surface area contributed by atoms with E-state index in [0.717, 1.165) is 0 Å². The number of rotatable bonds is 4. The molecule has 3 nitrogen and oxygen atoms in total. The summed E-state index contributed by atoms with van der Waals surface area (Å²) in [6.45, 7) is 3.95. The molecule has 0 spiro atoms. The Kier molecular flexibility index (Phi) is 3.57. The van der Waals surface area contributed by atoms with Gasteiger partial charge in [-0.05, 0) is 19.9 Å². The van der Waals surface area contributed by atoms with Crippen LogP contribution in [0.2, 0.25) is 0 Å². The lowest BCUT2D eigenvalue weighted by Crippen LogP contribution is -2.31. The van der Waals surface area contributed by atoms with E-state index in [4.69, 9.17) is 5.73 Å². The first-order valence-electron chi connectivity index (χ1n) is 4.58. The number of nitrogens with zero attached hydrogens (tertiary/aromatic N) is 2. The fourth-order valence-corrected chi connectivity index (χ4v) is 1.10. The third kappa shape index (κ3) is 2.77. The summed E-state index contributed by atoms with van der Waals surface area (Å²) in [6.07, 6.45) is -0.588. The van der Waals surface area contributed by atoms with Crippen LogP contribution in [0.15, 0.2) is 12.3 Å². The molecule has 0 aromatic carbocycles.